The number of halogens is 1. The van der Waals surface area contributed by atoms with Gasteiger partial charge in [0.1, 0.15) is 10.9 Å². The molecule has 17 heavy (non-hydrogen) atoms. The van der Waals surface area contributed by atoms with E-state index >= 15 is 0 Å². The molecule has 1 heterocycles. The lowest BCUT2D eigenvalue weighted by atomic mass is 10.0. The van der Waals surface area contributed by atoms with Gasteiger partial charge in [-0.15, -0.1) is 0 Å². The molecule has 1 fully saturated rings. The second-order valence-electron chi connectivity index (χ2n) is 4.35. The summed E-state index contributed by atoms with van der Waals surface area (Å²) in [6, 6.07) is 2.03. The maximum atomic E-state index is 8.78. The van der Waals surface area contributed by atoms with E-state index in [9.17, 15) is 0 Å². The second-order valence-corrected chi connectivity index (χ2v) is 5.70. The van der Waals surface area contributed by atoms with Crippen molar-refractivity contribution in [1.29, 1.82) is 5.26 Å². The van der Waals surface area contributed by atoms with Crippen LogP contribution in [-0.4, -0.2) is 25.2 Å². The molecule has 1 aromatic rings. The highest BCUT2D eigenvalue weighted by atomic mass is 35.5. The minimum absolute atomic E-state index is 0.293. The number of hydrogen-bond acceptors (Lipinski definition) is 5. The monoisotopic (exact) mass is 271 g/mol. The Kier molecular flexibility index (Phi) is 3.87. The first-order chi connectivity index (χ1) is 8.19. The van der Waals surface area contributed by atoms with E-state index in [-0.39, 0.29) is 0 Å². The molecule has 0 radical (unpaired) electrons. The van der Waals surface area contributed by atoms with Crippen molar-refractivity contribution in [3.63, 3.8) is 0 Å². The van der Waals surface area contributed by atoms with Crippen LogP contribution in [0.3, 0.4) is 0 Å². The summed E-state index contributed by atoms with van der Waals surface area (Å²) >= 11 is 7.12. The van der Waals surface area contributed by atoms with Crippen LogP contribution >= 0.6 is 22.9 Å². The van der Waals surface area contributed by atoms with Gasteiger partial charge in [-0.1, -0.05) is 22.9 Å². The van der Waals surface area contributed by atoms with Crippen molar-refractivity contribution in [2.75, 3.05) is 25.6 Å². The maximum Gasteiger partial charge on any atom is 0.185 e. The Labute approximate surface area is 110 Å². The van der Waals surface area contributed by atoms with Crippen molar-refractivity contribution in [3.8, 4) is 6.07 Å². The summed E-state index contributed by atoms with van der Waals surface area (Å²) in [6.45, 7) is 1.68. The van der Waals surface area contributed by atoms with Crippen LogP contribution in [0.2, 0.25) is 5.15 Å². The number of rotatable bonds is 6. The van der Waals surface area contributed by atoms with Crippen molar-refractivity contribution >= 4 is 28.1 Å². The molecule has 92 valence electrons. The van der Waals surface area contributed by atoms with Gasteiger partial charge in [-0.05, 0) is 24.7 Å². The number of thiazole rings is 1. The van der Waals surface area contributed by atoms with Gasteiger partial charge in [-0.25, -0.2) is 4.98 Å². The normalized spacial score (nSPS) is 16.5. The van der Waals surface area contributed by atoms with Crippen LogP contribution in [-0.2, 0) is 4.74 Å². The van der Waals surface area contributed by atoms with Gasteiger partial charge in [-0.3, -0.25) is 0 Å². The Morgan fingerprint density at radius 3 is 2.94 bits per heavy atom. The minimum atomic E-state index is 0.293. The molecular formula is C11H14ClN3OS. The average Bonchev–Trinajstić information content (AvgIpc) is 3.01. The highest BCUT2D eigenvalue weighted by Gasteiger charge is 2.41. The molecule has 2 rings (SSSR count). The quantitative estimate of drug-likeness (QED) is 0.864. The molecule has 6 heteroatoms. The molecule has 1 aromatic heterocycles. The van der Waals surface area contributed by atoms with Crippen LogP contribution in [0.1, 0.15) is 24.1 Å². The summed E-state index contributed by atoms with van der Waals surface area (Å²) in [7, 11) is 1.73. The smallest absolute Gasteiger partial charge is 0.185 e. The molecule has 0 aromatic carbocycles. The van der Waals surface area contributed by atoms with Crippen LogP contribution in [0.15, 0.2) is 0 Å². The van der Waals surface area contributed by atoms with E-state index in [4.69, 9.17) is 21.6 Å². The Morgan fingerprint density at radius 1 is 1.65 bits per heavy atom. The van der Waals surface area contributed by atoms with E-state index in [0.717, 1.165) is 24.7 Å². The lowest BCUT2D eigenvalue weighted by Gasteiger charge is -2.14. The molecule has 0 atom stereocenters. The Balaban J connectivity index is 1.87. The number of anilines is 1. The largest absolute Gasteiger partial charge is 0.385 e. The SMILES string of the molecule is COCCC1(CNc2nc(Cl)c(C#N)s2)CC1. The van der Waals surface area contributed by atoms with Crippen molar-refractivity contribution in [1.82, 2.24) is 4.98 Å². The van der Waals surface area contributed by atoms with Gasteiger partial charge in [0.15, 0.2) is 10.3 Å². The predicted molar refractivity (Wildman–Crippen MR) is 68.5 cm³/mol. The van der Waals surface area contributed by atoms with Crippen LogP contribution in [0.25, 0.3) is 0 Å². The highest BCUT2D eigenvalue weighted by molar-refractivity contribution is 7.16. The van der Waals surface area contributed by atoms with Crippen LogP contribution in [0, 0.1) is 16.7 Å². The molecule has 0 aliphatic heterocycles. The van der Waals surface area contributed by atoms with Crippen LogP contribution in [0.4, 0.5) is 5.13 Å². The van der Waals surface area contributed by atoms with E-state index < -0.39 is 0 Å². The van der Waals surface area contributed by atoms with Gasteiger partial charge in [-0.2, -0.15) is 5.26 Å². The van der Waals surface area contributed by atoms with Crippen molar-refractivity contribution < 1.29 is 4.74 Å². The summed E-state index contributed by atoms with van der Waals surface area (Å²) in [6.07, 6.45) is 3.53. The van der Waals surface area contributed by atoms with Crippen molar-refractivity contribution in [3.05, 3.63) is 10.0 Å². The molecule has 1 aliphatic carbocycles. The average molecular weight is 272 g/mol. The summed E-state index contributed by atoms with van der Waals surface area (Å²) in [5.74, 6) is 0. The van der Waals surface area contributed by atoms with Crippen molar-refractivity contribution in [2.45, 2.75) is 19.3 Å². The first-order valence-electron chi connectivity index (χ1n) is 5.48. The van der Waals surface area contributed by atoms with Crippen LogP contribution in [0.5, 0.6) is 0 Å². The Hall–Kier alpha value is -0.830. The van der Waals surface area contributed by atoms with Crippen LogP contribution < -0.4 is 5.32 Å². The molecular weight excluding hydrogens is 258 g/mol. The van der Waals surface area contributed by atoms with Gasteiger partial charge in [0.05, 0.1) is 0 Å². The highest BCUT2D eigenvalue weighted by Crippen LogP contribution is 2.48. The predicted octanol–water partition coefficient (Wildman–Crippen LogP) is 2.90. The fraction of sp³-hybridized carbons (Fsp3) is 0.636. The van der Waals surface area contributed by atoms with Gasteiger partial charge < -0.3 is 10.1 Å². The molecule has 1 N–H and O–H groups in total. The van der Waals surface area contributed by atoms with Gasteiger partial charge in [0, 0.05) is 20.3 Å². The third kappa shape index (κ3) is 3.09. The summed E-state index contributed by atoms with van der Waals surface area (Å²) in [5.41, 5.74) is 0.362. The zero-order valence-corrected chi connectivity index (χ0v) is 11.2. The fourth-order valence-corrected chi connectivity index (χ4v) is 2.66. The number of nitrogens with zero attached hydrogens (tertiary/aromatic N) is 2. The second kappa shape index (κ2) is 5.21. The number of aromatic nitrogens is 1. The molecule has 4 nitrogen and oxygen atoms in total. The lowest BCUT2D eigenvalue weighted by Crippen LogP contribution is -2.17. The molecule has 1 aliphatic rings. The molecule has 0 bridgehead atoms. The number of hydrogen-bond donors (Lipinski definition) is 1. The van der Waals surface area contributed by atoms with Gasteiger partial charge in [0.25, 0.3) is 0 Å². The van der Waals surface area contributed by atoms with E-state index in [1.54, 1.807) is 7.11 Å². The van der Waals surface area contributed by atoms with Gasteiger partial charge in [0.2, 0.25) is 0 Å². The summed E-state index contributed by atoms with van der Waals surface area (Å²) in [5, 5.41) is 13.1. The van der Waals surface area contributed by atoms with Crippen molar-refractivity contribution in [2.24, 2.45) is 5.41 Å². The summed E-state index contributed by atoms with van der Waals surface area (Å²) in [4.78, 5) is 4.58. The molecule has 1 saturated carbocycles. The number of methoxy groups -OCH3 is 1. The molecule has 0 unspecified atom stereocenters. The van der Waals surface area contributed by atoms with E-state index in [0.29, 0.717) is 15.4 Å². The summed E-state index contributed by atoms with van der Waals surface area (Å²) < 4.78 is 5.11. The Morgan fingerprint density at radius 2 is 2.41 bits per heavy atom. The van der Waals surface area contributed by atoms with E-state index in [2.05, 4.69) is 10.3 Å². The maximum absolute atomic E-state index is 8.78. The van der Waals surface area contributed by atoms with E-state index in [1.165, 1.54) is 24.2 Å². The first kappa shape index (κ1) is 12.6. The van der Waals surface area contributed by atoms with Gasteiger partial charge >= 0.3 is 0 Å². The zero-order chi connectivity index (χ0) is 12.3. The molecule has 0 spiro atoms. The third-order valence-corrected chi connectivity index (χ3v) is 4.40. The Bertz CT molecular complexity index is 436. The fourth-order valence-electron chi connectivity index (χ4n) is 1.72. The minimum Gasteiger partial charge on any atom is -0.385 e. The first-order valence-corrected chi connectivity index (χ1v) is 6.68. The lowest BCUT2D eigenvalue weighted by molar-refractivity contribution is 0.175. The number of nitriles is 1. The standard InChI is InChI=1S/C11H14ClN3OS/c1-16-5-4-11(2-3-11)7-14-10-15-9(12)8(6-13)17-10/h2-5,7H2,1H3,(H,14,15). The molecule has 0 saturated heterocycles. The number of nitrogens with one attached hydrogen (secondary N) is 1. The number of ether oxygens (including phenoxy) is 1. The molecule has 0 amide bonds. The topological polar surface area (TPSA) is 57.9 Å². The van der Waals surface area contributed by atoms with E-state index in [1.807, 2.05) is 6.07 Å². The third-order valence-electron chi connectivity index (χ3n) is 3.10. The zero-order valence-electron chi connectivity index (χ0n) is 9.62.